The molecule has 0 spiro atoms. The van der Waals surface area contributed by atoms with Gasteiger partial charge in [0.15, 0.2) is 0 Å². The molecule has 5 heteroatoms. The lowest BCUT2D eigenvalue weighted by Gasteiger charge is -2.39. The molecule has 3 fully saturated rings. The third-order valence-electron chi connectivity index (χ3n) is 6.15. The first kappa shape index (κ1) is 27.8. The Morgan fingerprint density at radius 2 is 1.61 bits per heavy atom. The van der Waals surface area contributed by atoms with Gasteiger partial charge in [0.1, 0.15) is 0 Å². The molecule has 3 heterocycles. The van der Waals surface area contributed by atoms with Crippen molar-refractivity contribution in [3.05, 3.63) is 0 Å². The zero-order valence-electron chi connectivity index (χ0n) is 20.7. The van der Waals surface area contributed by atoms with Crippen molar-refractivity contribution in [2.45, 2.75) is 85.4 Å². The van der Waals surface area contributed by atoms with Crippen LogP contribution < -0.4 is 16.0 Å². The van der Waals surface area contributed by atoms with Gasteiger partial charge in [-0.3, -0.25) is 0 Å². The lowest BCUT2D eigenvalue weighted by molar-refractivity contribution is 0.167. The van der Waals surface area contributed by atoms with E-state index in [1.165, 1.54) is 52.0 Å². The fourth-order valence-electron chi connectivity index (χ4n) is 3.69. The second-order valence-corrected chi connectivity index (χ2v) is 9.11. The maximum atomic E-state index is 3.53. The third kappa shape index (κ3) is 12.4. The molecule has 170 valence electrons. The first-order valence-electron chi connectivity index (χ1n) is 11.8. The van der Waals surface area contributed by atoms with Crippen LogP contribution in [0.5, 0.6) is 0 Å². The molecule has 3 aliphatic rings. The third-order valence-corrected chi connectivity index (χ3v) is 6.15. The monoisotopic (exact) mass is 399 g/mol. The Morgan fingerprint density at radius 3 is 1.96 bits per heavy atom. The smallest absolute Gasteiger partial charge is 0.0278 e. The van der Waals surface area contributed by atoms with E-state index in [0.29, 0.717) is 17.6 Å². The molecule has 3 rings (SSSR count). The van der Waals surface area contributed by atoms with E-state index in [9.17, 15) is 0 Å². The van der Waals surface area contributed by atoms with Crippen molar-refractivity contribution in [1.29, 1.82) is 0 Å². The van der Waals surface area contributed by atoms with Crippen LogP contribution in [0.25, 0.3) is 0 Å². The summed E-state index contributed by atoms with van der Waals surface area (Å²) in [4.78, 5) is 4.78. The quantitative estimate of drug-likeness (QED) is 0.632. The molecule has 0 radical (unpaired) electrons. The first-order chi connectivity index (χ1) is 13.3. The van der Waals surface area contributed by atoms with Gasteiger partial charge >= 0.3 is 0 Å². The fraction of sp³-hybridized carbons (Fsp3) is 1.00. The Morgan fingerprint density at radius 1 is 1.00 bits per heavy atom. The van der Waals surface area contributed by atoms with Crippen molar-refractivity contribution < 1.29 is 0 Å². The molecule has 3 saturated heterocycles. The van der Waals surface area contributed by atoms with Crippen molar-refractivity contribution in [2.75, 3.05) is 59.9 Å². The largest absolute Gasteiger partial charge is 0.317 e. The summed E-state index contributed by atoms with van der Waals surface area (Å²) in [5.41, 5.74) is 0.368. The van der Waals surface area contributed by atoms with Gasteiger partial charge in [0, 0.05) is 50.3 Å². The Hall–Kier alpha value is -0.200. The highest BCUT2D eigenvalue weighted by Crippen LogP contribution is 2.13. The predicted molar refractivity (Wildman–Crippen MR) is 126 cm³/mol. The van der Waals surface area contributed by atoms with E-state index in [2.05, 4.69) is 74.5 Å². The number of piperidine rings is 1. The van der Waals surface area contributed by atoms with Crippen LogP contribution in [0.4, 0.5) is 0 Å². The molecule has 0 aromatic heterocycles. The summed E-state index contributed by atoms with van der Waals surface area (Å²) in [6.45, 7) is 23.6. The molecule has 5 nitrogen and oxygen atoms in total. The first-order valence-corrected chi connectivity index (χ1v) is 11.8. The van der Waals surface area contributed by atoms with Crippen LogP contribution in [0.3, 0.4) is 0 Å². The zero-order chi connectivity index (χ0) is 21.6. The van der Waals surface area contributed by atoms with Crippen LogP contribution in [0.15, 0.2) is 0 Å². The minimum atomic E-state index is 0.368. The highest BCUT2D eigenvalue weighted by atomic mass is 15.2. The SMILES string of the molecule is CC.CC1CCNCC1.CC1CN(C)C(C)CN1.CCC1(C)CN(C)CCN1. The fourth-order valence-corrected chi connectivity index (χ4v) is 3.69. The molecule has 3 aliphatic heterocycles. The van der Waals surface area contributed by atoms with E-state index in [-0.39, 0.29) is 0 Å². The second-order valence-electron chi connectivity index (χ2n) is 9.11. The molecule has 3 unspecified atom stereocenters. The van der Waals surface area contributed by atoms with E-state index in [1.54, 1.807) is 0 Å². The van der Waals surface area contributed by atoms with Crippen LogP contribution in [-0.4, -0.2) is 87.3 Å². The van der Waals surface area contributed by atoms with E-state index in [0.717, 1.165) is 19.0 Å². The zero-order valence-corrected chi connectivity index (χ0v) is 20.7. The van der Waals surface area contributed by atoms with Crippen molar-refractivity contribution in [1.82, 2.24) is 25.8 Å². The van der Waals surface area contributed by atoms with Gasteiger partial charge in [0.25, 0.3) is 0 Å². The molecule has 0 saturated carbocycles. The Kier molecular flexibility index (Phi) is 15.5. The summed E-state index contributed by atoms with van der Waals surface area (Å²) in [5.74, 6) is 0.973. The number of piperazine rings is 2. The average Bonchev–Trinajstić information content (AvgIpc) is 2.68. The summed E-state index contributed by atoms with van der Waals surface area (Å²) < 4.78 is 0. The van der Waals surface area contributed by atoms with E-state index in [1.807, 2.05) is 13.8 Å². The summed E-state index contributed by atoms with van der Waals surface area (Å²) in [7, 11) is 4.37. The maximum absolute atomic E-state index is 3.53. The van der Waals surface area contributed by atoms with Crippen molar-refractivity contribution in [3.63, 3.8) is 0 Å². The van der Waals surface area contributed by atoms with Crippen LogP contribution in [0, 0.1) is 5.92 Å². The van der Waals surface area contributed by atoms with E-state index < -0.39 is 0 Å². The molecule has 0 aliphatic carbocycles. The van der Waals surface area contributed by atoms with Crippen LogP contribution in [0.1, 0.15) is 67.7 Å². The maximum Gasteiger partial charge on any atom is 0.0278 e. The number of rotatable bonds is 1. The van der Waals surface area contributed by atoms with Gasteiger partial charge in [-0.15, -0.1) is 0 Å². The molecular formula is C23H53N5. The highest BCUT2D eigenvalue weighted by Gasteiger charge is 2.26. The molecule has 3 N–H and O–H groups in total. The topological polar surface area (TPSA) is 42.6 Å². The highest BCUT2D eigenvalue weighted by molar-refractivity contribution is 4.88. The van der Waals surface area contributed by atoms with Gasteiger partial charge in [-0.2, -0.15) is 0 Å². The molecule has 28 heavy (non-hydrogen) atoms. The Balaban J connectivity index is 0.000000378. The van der Waals surface area contributed by atoms with Crippen molar-refractivity contribution >= 4 is 0 Å². The normalized spacial score (nSPS) is 32.0. The molecular weight excluding hydrogens is 346 g/mol. The van der Waals surface area contributed by atoms with Gasteiger partial charge in [-0.25, -0.2) is 0 Å². The number of nitrogens with zero attached hydrogens (tertiary/aromatic N) is 2. The molecule has 0 aromatic rings. The lowest BCUT2D eigenvalue weighted by atomic mass is 9.96. The van der Waals surface area contributed by atoms with Crippen LogP contribution in [-0.2, 0) is 0 Å². The number of hydrogen-bond donors (Lipinski definition) is 3. The average molecular weight is 400 g/mol. The molecule has 3 atom stereocenters. The summed E-state index contributed by atoms with van der Waals surface area (Å²) in [6, 6.07) is 1.38. The second kappa shape index (κ2) is 15.6. The summed E-state index contributed by atoms with van der Waals surface area (Å²) in [6.07, 6.45) is 3.97. The van der Waals surface area contributed by atoms with Gasteiger partial charge in [-0.1, -0.05) is 27.7 Å². The van der Waals surface area contributed by atoms with E-state index in [4.69, 9.17) is 0 Å². The molecule has 0 aromatic carbocycles. The Labute approximate surface area is 177 Å². The van der Waals surface area contributed by atoms with Crippen molar-refractivity contribution in [3.8, 4) is 0 Å². The van der Waals surface area contributed by atoms with Gasteiger partial charge in [0.05, 0.1) is 0 Å². The number of hydrogen-bond acceptors (Lipinski definition) is 5. The molecule has 0 amide bonds. The van der Waals surface area contributed by atoms with Crippen LogP contribution in [0.2, 0.25) is 0 Å². The predicted octanol–water partition coefficient (Wildman–Crippen LogP) is 3.02. The Bertz CT molecular complexity index is 359. The minimum absolute atomic E-state index is 0.368. The van der Waals surface area contributed by atoms with Gasteiger partial charge in [-0.05, 0) is 73.1 Å². The van der Waals surface area contributed by atoms with Crippen molar-refractivity contribution in [2.24, 2.45) is 5.92 Å². The van der Waals surface area contributed by atoms with Gasteiger partial charge < -0.3 is 25.8 Å². The number of likely N-dealkylation sites (N-methyl/N-ethyl adjacent to an activating group) is 2. The van der Waals surface area contributed by atoms with E-state index >= 15 is 0 Å². The minimum Gasteiger partial charge on any atom is -0.317 e. The standard InChI is InChI=1S/C8H18N2.C7H16N2.C6H13N.C2H6/c1-4-8(2)7-10(3)6-5-9-8;1-6-5-9(3)7(2)4-8-6;1-6-2-4-7-5-3-6;1-2/h9H,4-7H2,1-3H3;6-8H,4-5H2,1-3H3;6-7H,2-5H2,1H3;1-2H3. The molecule has 0 bridgehead atoms. The summed E-state index contributed by atoms with van der Waals surface area (Å²) in [5, 5.41) is 10.3. The summed E-state index contributed by atoms with van der Waals surface area (Å²) >= 11 is 0. The number of nitrogens with one attached hydrogen (secondary N) is 3. The van der Waals surface area contributed by atoms with Crippen LogP contribution >= 0.6 is 0 Å². The van der Waals surface area contributed by atoms with Gasteiger partial charge in [0.2, 0.25) is 0 Å². The lowest BCUT2D eigenvalue weighted by Crippen LogP contribution is -2.57.